The van der Waals surface area contributed by atoms with Crippen LogP contribution in [0.1, 0.15) is 5.69 Å². The molecule has 2 nitrogen and oxygen atoms in total. The Balaban J connectivity index is 2.42. The first-order valence-electron chi connectivity index (χ1n) is 4.60. The summed E-state index contributed by atoms with van der Waals surface area (Å²) < 4.78 is 19.3. The van der Waals surface area contributed by atoms with Crippen LogP contribution in [0.25, 0.3) is 10.6 Å². The maximum Gasteiger partial charge on any atom is 0.134 e. The lowest BCUT2D eigenvalue weighted by Crippen LogP contribution is -1.89. The first-order chi connectivity index (χ1) is 7.72. The largest absolute Gasteiger partial charge is 0.378 e. The Kier molecular flexibility index (Phi) is 3.68. The number of hydrogen-bond donors (Lipinski definition) is 0. The first kappa shape index (κ1) is 11.7. The van der Waals surface area contributed by atoms with Crippen LogP contribution < -0.4 is 0 Å². The summed E-state index contributed by atoms with van der Waals surface area (Å²) >= 11 is 4.74. The van der Waals surface area contributed by atoms with Gasteiger partial charge in [0.15, 0.2) is 0 Å². The highest BCUT2D eigenvalue weighted by atomic mass is 79.9. The minimum Gasteiger partial charge on any atom is -0.378 e. The lowest BCUT2D eigenvalue weighted by molar-refractivity contribution is 0.182. The van der Waals surface area contributed by atoms with Crippen molar-refractivity contribution >= 4 is 27.3 Å². The number of benzene rings is 1. The lowest BCUT2D eigenvalue weighted by Gasteiger charge is -2.01. The molecule has 0 aliphatic carbocycles. The summed E-state index contributed by atoms with van der Waals surface area (Å²) in [6, 6.07) is 4.89. The van der Waals surface area contributed by atoms with Gasteiger partial charge in [0.2, 0.25) is 0 Å². The Morgan fingerprint density at radius 3 is 3.00 bits per heavy atom. The highest BCUT2D eigenvalue weighted by Crippen LogP contribution is 2.32. The van der Waals surface area contributed by atoms with Crippen LogP contribution in [-0.2, 0) is 11.3 Å². The second-order valence-corrected chi connectivity index (χ2v) is 4.89. The van der Waals surface area contributed by atoms with Gasteiger partial charge in [0.1, 0.15) is 10.8 Å². The number of aromatic nitrogens is 1. The number of hydrogen-bond acceptors (Lipinski definition) is 3. The van der Waals surface area contributed by atoms with Gasteiger partial charge >= 0.3 is 0 Å². The molecule has 5 heteroatoms. The van der Waals surface area contributed by atoms with E-state index in [1.807, 2.05) is 5.38 Å². The van der Waals surface area contributed by atoms with Gasteiger partial charge in [-0.15, -0.1) is 11.3 Å². The number of nitrogens with zero attached hydrogens (tertiary/aromatic N) is 1. The third-order valence-corrected chi connectivity index (χ3v) is 3.59. The van der Waals surface area contributed by atoms with E-state index in [4.69, 9.17) is 4.74 Å². The molecule has 0 spiro atoms. The highest BCUT2D eigenvalue weighted by molar-refractivity contribution is 9.10. The van der Waals surface area contributed by atoms with Crippen molar-refractivity contribution < 1.29 is 9.13 Å². The molecular weight excluding hydrogens is 293 g/mol. The number of halogens is 2. The van der Waals surface area contributed by atoms with E-state index >= 15 is 0 Å². The van der Waals surface area contributed by atoms with E-state index in [9.17, 15) is 4.39 Å². The molecule has 0 aliphatic heterocycles. The average Bonchev–Trinajstić information content (AvgIpc) is 2.67. The molecule has 0 fully saturated rings. The van der Waals surface area contributed by atoms with E-state index in [2.05, 4.69) is 20.9 Å². The molecule has 0 radical (unpaired) electrons. The molecule has 16 heavy (non-hydrogen) atoms. The molecule has 0 saturated carbocycles. The fourth-order valence-corrected chi connectivity index (χ4v) is 2.86. The Morgan fingerprint density at radius 2 is 2.31 bits per heavy atom. The van der Waals surface area contributed by atoms with Crippen molar-refractivity contribution in [3.05, 3.63) is 39.6 Å². The maximum atomic E-state index is 13.6. The van der Waals surface area contributed by atoms with E-state index in [1.165, 1.54) is 17.4 Å². The average molecular weight is 302 g/mol. The number of ether oxygens (including phenoxy) is 1. The molecule has 0 bridgehead atoms. The molecule has 84 valence electrons. The molecule has 2 aromatic rings. The molecular formula is C11H9BrFNOS. The van der Waals surface area contributed by atoms with E-state index < -0.39 is 0 Å². The summed E-state index contributed by atoms with van der Waals surface area (Å²) in [6.45, 7) is 0.447. The topological polar surface area (TPSA) is 22.1 Å². The van der Waals surface area contributed by atoms with Gasteiger partial charge in [-0.3, -0.25) is 0 Å². The van der Waals surface area contributed by atoms with Gasteiger partial charge in [-0.2, -0.15) is 0 Å². The number of rotatable bonds is 3. The molecule has 0 amide bonds. The molecule has 0 saturated heterocycles. The molecule has 0 unspecified atom stereocenters. The standard InChI is InChI=1S/C11H9BrFNOS/c1-15-5-7-6-16-11(14-7)10-8(12)3-2-4-9(10)13/h2-4,6H,5H2,1H3. The normalized spacial score (nSPS) is 10.7. The number of thiazole rings is 1. The summed E-state index contributed by atoms with van der Waals surface area (Å²) in [7, 11) is 1.61. The predicted molar refractivity (Wildman–Crippen MR) is 65.9 cm³/mol. The van der Waals surface area contributed by atoms with Crippen LogP contribution in [0.2, 0.25) is 0 Å². The minimum absolute atomic E-state index is 0.271. The molecule has 0 atom stereocenters. The van der Waals surface area contributed by atoms with Crippen LogP contribution in [-0.4, -0.2) is 12.1 Å². The Bertz CT molecular complexity index is 480. The third kappa shape index (κ3) is 2.31. The maximum absolute atomic E-state index is 13.6. The first-order valence-corrected chi connectivity index (χ1v) is 6.27. The van der Waals surface area contributed by atoms with Crippen molar-refractivity contribution in [2.45, 2.75) is 6.61 Å². The van der Waals surface area contributed by atoms with E-state index in [1.54, 1.807) is 19.2 Å². The minimum atomic E-state index is -0.271. The number of methoxy groups -OCH3 is 1. The zero-order chi connectivity index (χ0) is 11.5. The van der Waals surface area contributed by atoms with Crippen molar-refractivity contribution in [2.24, 2.45) is 0 Å². The van der Waals surface area contributed by atoms with Gasteiger partial charge in [-0.1, -0.05) is 6.07 Å². The van der Waals surface area contributed by atoms with Gasteiger partial charge in [0, 0.05) is 17.0 Å². The molecule has 1 aromatic heterocycles. The summed E-state index contributed by atoms with van der Waals surface area (Å²) in [4.78, 5) is 4.32. The lowest BCUT2D eigenvalue weighted by atomic mass is 10.2. The fourth-order valence-electron chi connectivity index (χ4n) is 1.34. The molecule has 0 N–H and O–H groups in total. The van der Waals surface area contributed by atoms with E-state index in [0.29, 0.717) is 21.7 Å². The van der Waals surface area contributed by atoms with Gasteiger partial charge in [-0.05, 0) is 28.1 Å². The van der Waals surface area contributed by atoms with Crippen LogP contribution in [0.15, 0.2) is 28.1 Å². The highest BCUT2D eigenvalue weighted by Gasteiger charge is 2.12. The third-order valence-electron chi connectivity index (χ3n) is 2.02. The predicted octanol–water partition coefficient (Wildman–Crippen LogP) is 3.86. The summed E-state index contributed by atoms with van der Waals surface area (Å²) in [5.41, 5.74) is 1.33. The van der Waals surface area contributed by atoms with Crippen LogP contribution in [0.5, 0.6) is 0 Å². The molecule has 1 aromatic carbocycles. The van der Waals surface area contributed by atoms with Gasteiger partial charge < -0.3 is 4.74 Å². The molecule has 2 rings (SSSR count). The van der Waals surface area contributed by atoms with Crippen molar-refractivity contribution in [3.63, 3.8) is 0 Å². The van der Waals surface area contributed by atoms with Gasteiger partial charge in [0.05, 0.1) is 17.9 Å². The van der Waals surface area contributed by atoms with Crippen molar-refractivity contribution in [2.75, 3.05) is 7.11 Å². The van der Waals surface area contributed by atoms with Crippen molar-refractivity contribution in [1.29, 1.82) is 0 Å². The second-order valence-electron chi connectivity index (χ2n) is 3.17. The zero-order valence-corrected chi connectivity index (χ0v) is 10.9. The van der Waals surface area contributed by atoms with Gasteiger partial charge in [0.25, 0.3) is 0 Å². The van der Waals surface area contributed by atoms with Crippen molar-refractivity contribution in [3.8, 4) is 10.6 Å². The van der Waals surface area contributed by atoms with Crippen LogP contribution >= 0.6 is 27.3 Å². The zero-order valence-electron chi connectivity index (χ0n) is 8.54. The summed E-state index contributed by atoms with van der Waals surface area (Å²) in [5, 5.41) is 2.54. The Hall–Kier alpha value is -0.780. The van der Waals surface area contributed by atoms with Crippen LogP contribution in [0.4, 0.5) is 4.39 Å². The second kappa shape index (κ2) is 5.03. The molecule has 1 heterocycles. The van der Waals surface area contributed by atoms with E-state index in [0.717, 1.165) is 5.69 Å². The SMILES string of the molecule is COCc1csc(-c2c(F)cccc2Br)n1. The van der Waals surface area contributed by atoms with Crippen molar-refractivity contribution in [1.82, 2.24) is 4.98 Å². The Morgan fingerprint density at radius 1 is 1.50 bits per heavy atom. The Labute approximate surface area is 105 Å². The summed E-state index contributed by atoms with van der Waals surface area (Å²) in [6.07, 6.45) is 0. The quantitative estimate of drug-likeness (QED) is 0.859. The fraction of sp³-hybridized carbons (Fsp3) is 0.182. The van der Waals surface area contributed by atoms with Gasteiger partial charge in [-0.25, -0.2) is 9.37 Å². The van der Waals surface area contributed by atoms with Crippen LogP contribution in [0, 0.1) is 5.82 Å². The monoisotopic (exact) mass is 301 g/mol. The van der Waals surface area contributed by atoms with E-state index in [-0.39, 0.29) is 5.82 Å². The van der Waals surface area contributed by atoms with Crippen LogP contribution in [0.3, 0.4) is 0 Å². The summed E-state index contributed by atoms with van der Waals surface area (Å²) in [5.74, 6) is -0.271. The smallest absolute Gasteiger partial charge is 0.134 e. The molecule has 0 aliphatic rings.